The van der Waals surface area contributed by atoms with E-state index in [1.165, 1.54) is 11.3 Å². The third-order valence-electron chi connectivity index (χ3n) is 4.41. The number of nitrogens with zero attached hydrogens (tertiary/aromatic N) is 3. The standard InChI is InChI=1S/C19H22N4O2S/c1-10(2)18-21-22-19(26-18)20-17(25)13(5)23-15(24)9-12(4)14-8-6-7-11(3)16(14)23/h6-10,13H,1-5H3,(H,20,22,25). The molecule has 26 heavy (non-hydrogen) atoms. The fourth-order valence-corrected chi connectivity index (χ4v) is 3.72. The van der Waals surface area contributed by atoms with Gasteiger partial charge in [0, 0.05) is 17.4 Å². The molecule has 0 fully saturated rings. The van der Waals surface area contributed by atoms with Gasteiger partial charge in [0.25, 0.3) is 5.56 Å². The lowest BCUT2D eigenvalue weighted by Gasteiger charge is -2.19. The molecule has 1 aromatic carbocycles. The Morgan fingerprint density at radius 3 is 2.54 bits per heavy atom. The van der Waals surface area contributed by atoms with E-state index >= 15 is 0 Å². The Balaban J connectivity index is 2.00. The molecular formula is C19H22N4O2S. The summed E-state index contributed by atoms with van der Waals surface area (Å²) >= 11 is 1.35. The molecule has 1 atom stereocenters. The average Bonchev–Trinajstić information content (AvgIpc) is 3.04. The highest BCUT2D eigenvalue weighted by Crippen LogP contribution is 2.25. The van der Waals surface area contributed by atoms with Gasteiger partial charge in [-0.05, 0) is 31.9 Å². The number of pyridine rings is 1. The van der Waals surface area contributed by atoms with Crippen LogP contribution in [0.25, 0.3) is 10.9 Å². The van der Waals surface area contributed by atoms with Crippen molar-refractivity contribution in [3.8, 4) is 0 Å². The van der Waals surface area contributed by atoms with Crippen molar-refractivity contribution in [1.82, 2.24) is 14.8 Å². The fourth-order valence-electron chi connectivity index (χ4n) is 2.97. The zero-order valence-corrected chi connectivity index (χ0v) is 16.3. The fraction of sp³-hybridized carbons (Fsp3) is 0.368. The van der Waals surface area contributed by atoms with Gasteiger partial charge in [0.15, 0.2) is 0 Å². The number of fused-ring (bicyclic) bond motifs is 1. The summed E-state index contributed by atoms with van der Waals surface area (Å²) in [4.78, 5) is 25.4. The first-order valence-electron chi connectivity index (χ1n) is 8.55. The Labute approximate surface area is 155 Å². The monoisotopic (exact) mass is 370 g/mol. The smallest absolute Gasteiger partial charge is 0.252 e. The molecule has 1 amide bonds. The van der Waals surface area contributed by atoms with Gasteiger partial charge < -0.3 is 0 Å². The Bertz CT molecular complexity index is 1040. The van der Waals surface area contributed by atoms with Crippen molar-refractivity contribution < 1.29 is 4.79 Å². The summed E-state index contributed by atoms with van der Waals surface area (Å²) in [6, 6.07) is 6.78. The molecule has 3 rings (SSSR count). The summed E-state index contributed by atoms with van der Waals surface area (Å²) in [6.07, 6.45) is 0. The van der Waals surface area contributed by atoms with Crippen LogP contribution >= 0.6 is 11.3 Å². The number of rotatable bonds is 4. The maximum atomic E-state index is 12.8. The lowest BCUT2D eigenvalue weighted by Crippen LogP contribution is -2.32. The summed E-state index contributed by atoms with van der Waals surface area (Å²) in [5, 5.41) is 13.2. The van der Waals surface area contributed by atoms with Gasteiger partial charge in [-0.1, -0.05) is 43.4 Å². The summed E-state index contributed by atoms with van der Waals surface area (Å²) in [5.74, 6) is -0.0335. The van der Waals surface area contributed by atoms with Crippen molar-refractivity contribution in [2.75, 3.05) is 5.32 Å². The summed E-state index contributed by atoms with van der Waals surface area (Å²) in [6.45, 7) is 9.63. The zero-order chi connectivity index (χ0) is 19.0. The van der Waals surface area contributed by atoms with E-state index in [0.717, 1.165) is 27.0 Å². The van der Waals surface area contributed by atoms with Gasteiger partial charge in [-0.25, -0.2) is 0 Å². The van der Waals surface area contributed by atoms with E-state index in [2.05, 4.69) is 15.5 Å². The normalized spacial score (nSPS) is 12.5. The highest BCUT2D eigenvalue weighted by atomic mass is 32.1. The molecule has 1 N–H and O–H groups in total. The van der Waals surface area contributed by atoms with E-state index in [4.69, 9.17) is 0 Å². The minimum Gasteiger partial charge on any atom is -0.299 e. The number of hydrogen-bond donors (Lipinski definition) is 1. The number of hydrogen-bond acceptors (Lipinski definition) is 5. The maximum Gasteiger partial charge on any atom is 0.252 e. The van der Waals surface area contributed by atoms with Gasteiger partial charge >= 0.3 is 0 Å². The number of carbonyl (C=O) groups excluding carboxylic acids is 1. The molecule has 0 spiro atoms. The highest BCUT2D eigenvalue weighted by molar-refractivity contribution is 7.15. The van der Waals surface area contributed by atoms with Gasteiger partial charge in [0.1, 0.15) is 11.0 Å². The van der Waals surface area contributed by atoms with E-state index < -0.39 is 6.04 Å². The molecule has 2 aromatic heterocycles. The largest absolute Gasteiger partial charge is 0.299 e. The van der Waals surface area contributed by atoms with Gasteiger partial charge in [-0.3, -0.25) is 19.5 Å². The number of nitrogens with one attached hydrogen (secondary N) is 1. The second-order valence-electron chi connectivity index (χ2n) is 6.77. The van der Waals surface area contributed by atoms with Crippen molar-refractivity contribution in [3.05, 3.63) is 50.8 Å². The van der Waals surface area contributed by atoms with Crippen LogP contribution in [-0.4, -0.2) is 20.7 Å². The molecule has 0 bridgehead atoms. The lowest BCUT2D eigenvalue weighted by atomic mass is 10.1. The molecule has 3 aromatic rings. The van der Waals surface area contributed by atoms with Crippen LogP contribution in [0.1, 0.15) is 48.9 Å². The molecule has 0 radical (unpaired) electrons. The maximum absolute atomic E-state index is 12.8. The van der Waals surface area contributed by atoms with Gasteiger partial charge in [-0.2, -0.15) is 0 Å². The summed E-state index contributed by atoms with van der Waals surface area (Å²) < 4.78 is 1.55. The number of benzene rings is 1. The number of para-hydroxylation sites is 1. The van der Waals surface area contributed by atoms with Gasteiger partial charge in [-0.15, -0.1) is 10.2 Å². The first-order valence-corrected chi connectivity index (χ1v) is 9.37. The molecule has 6 nitrogen and oxygen atoms in total. The second kappa shape index (κ2) is 6.99. The van der Waals surface area contributed by atoms with Crippen molar-refractivity contribution in [1.29, 1.82) is 0 Å². The van der Waals surface area contributed by atoms with Crippen molar-refractivity contribution in [3.63, 3.8) is 0 Å². The minimum absolute atomic E-state index is 0.188. The second-order valence-corrected chi connectivity index (χ2v) is 7.78. The van der Waals surface area contributed by atoms with Crippen LogP contribution in [0.15, 0.2) is 29.1 Å². The van der Waals surface area contributed by atoms with Crippen molar-refractivity contribution in [2.24, 2.45) is 0 Å². The minimum atomic E-state index is -0.668. The number of amides is 1. The number of aryl methyl sites for hydroxylation is 2. The number of carbonyl (C=O) groups is 1. The molecule has 1 unspecified atom stereocenters. The zero-order valence-electron chi connectivity index (χ0n) is 15.5. The van der Waals surface area contributed by atoms with Crippen LogP contribution in [0.2, 0.25) is 0 Å². The number of anilines is 1. The van der Waals surface area contributed by atoms with Gasteiger partial charge in [0.05, 0.1) is 5.52 Å². The molecule has 0 saturated carbocycles. The average molecular weight is 370 g/mol. The summed E-state index contributed by atoms with van der Waals surface area (Å²) in [7, 11) is 0. The molecule has 0 aliphatic heterocycles. The van der Waals surface area contributed by atoms with Crippen LogP contribution in [0.3, 0.4) is 0 Å². The van der Waals surface area contributed by atoms with E-state index in [0.29, 0.717) is 5.13 Å². The van der Waals surface area contributed by atoms with E-state index in [9.17, 15) is 9.59 Å². The first kappa shape index (κ1) is 18.3. The third kappa shape index (κ3) is 3.26. The molecular weight excluding hydrogens is 348 g/mol. The Kier molecular flexibility index (Phi) is 4.91. The van der Waals surface area contributed by atoms with E-state index in [-0.39, 0.29) is 17.4 Å². The third-order valence-corrected chi connectivity index (χ3v) is 5.55. The highest BCUT2D eigenvalue weighted by Gasteiger charge is 2.21. The predicted molar refractivity (Wildman–Crippen MR) is 105 cm³/mol. The van der Waals surface area contributed by atoms with Gasteiger partial charge in [0.2, 0.25) is 11.0 Å². The Hall–Kier alpha value is -2.54. The molecule has 0 aliphatic carbocycles. The molecule has 136 valence electrons. The van der Waals surface area contributed by atoms with Crippen LogP contribution in [0.4, 0.5) is 5.13 Å². The number of aromatic nitrogens is 3. The quantitative estimate of drug-likeness (QED) is 0.758. The molecule has 2 heterocycles. The predicted octanol–water partition coefficient (Wildman–Crippen LogP) is 3.79. The molecule has 7 heteroatoms. The summed E-state index contributed by atoms with van der Waals surface area (Å²) in [5.41, 5.74) is 2.47. The first-order chi connectivity index (χ1) is 12.3. The van der Waals surface area contributed by atoms with Crippen LogP contribution in [-0.2, 0) is 4.79 Å². The van der Waals surface area contributed by atoms with Crippen LogP contribution in [0, 0.1) is 13.8 Å². The van der Waals surface area contributed by atoms with Crippen molar-refractivity contribution in [2.45, 2.75) is 46.6 Å². The van der Waals surface area contributed by atoms with E-state index in [1.807, 2.05) is 45.9 Å². The Morgan fingerprint density at radius 2 is 1.88 bits per heavy atom. The molecule has 0 saturated heterocycles. The SMILES string of the molecule is Cc1cc(=O)n(C(C)C(=O)Nc2nnc(C(C)C)s2)c2c(C)cccc12. The van der Waals surface area contributed by atoms with Crippen molar-refractivity contribution >= 4 is 33.3 Å². The lowest BCUT2D eigenvalue weighted by molar-refractivity contribution is -0.118. The van der Waals surface area contributed by atoms with Crippen LogP contribution in [0.5, 0.6) is 0 Å². The van der Waals surface area contributed by atoms with E-state index in [1.54, 1.807) is 17.6 Å². The van der Waals surface area contributed by atoms with Crippen LogP contribution < -0.4 is 10.9 Å². The Morgan fingerprint density at radius 1 is 1.15 bits per heavy atom. The molecule has 0 aliphatic rings. The topological polar surface area (TPSA) is 76.9 Å².